The number of rotatable bonds is 2. The van der Waals surface area contributed by atoms with Gasteiger partial charge in [0.1, 0.15) is 0 Å². The van der Waals surface area contributed by atoms with E-state index >= 15 is 0 Å². The zero-order valence-corrected chi connectivity index (χ0v) is 11.1. The molecule has 2 aromatic rings. The van der Waals surface area contributed by atoms with Crippen molar-refractivity contribution in [3.8, 4) is 11.4 Å². The van der Waals surface area contributed by atoms with Crippen LogP contribution in [0.1, 0.15) is 23.6 Å². The fourth-order valence-corrected chi connectivity index (χ4v) is 1.95. The van der Waals surface area contributed by atoms with Gasteiger partial charge < -0.3 is 0 Å². The van der Waals surface area contributed by atoms with Gasteiger partial charge in [-0.3, -0.25) is 0 Å². The summed E-state index contributed by atoms with van der Waals surface area (Å²) in [7, 11) is 0. The van der Waals surface area contributed by atoms with Crippen LogP contribution in [-0.2, 0) is 0 Å². The maximum absolute atomic E-state index is 6.03. The number of aryl methyl sites for hydroxylation is 1. The first-order chi connectivity index (χ1) is 8.08. The van der Waals surface area contributed by atoms with E-state index in [1.807, 2.05) is 38.1 Å². The third-order valence-electron chi connectivity index (χ3n) is 2.55. The quantitative estimate of drug-likeness (QED) is 0.753. The summed E-state index contributed by atoms with van der Waals surface area (Å²) in [5, 5.41) is 0.630. The highest BCUT2D eigenvalue weighted by Crippen LogP contribution is 2.24. The van der Waals surface area contributed by atoms with Crippen LogP contribution in [0.3, 0.4) is 0 Å². The summed E-state index contributed by atoms with van der Waals surface area (Å²) in [6.07, 6.45) is 1.78. The highest BCUT2D eigenvalue weighted by molar-refractivity contribution is 6.30. The largest absolute Gasteiger partial charge is 0.236 e. The van der Waals surface area contributed by atoms with Crippen molar-refractivity contribution in [2.75, 3.05) is 0 Å². The normalized spacial score (nSPS) is 12.5. The van der Waals surface area contributed by atoms with Crippen molar-refractivity contribution in [3.63, 3.8) is 0 Å². The predicted octanol–water partition coefficient (Wildman–Crippen LogP) is 4.41. The number of hydrogen-bond donors (Lipinski definition) is 0. The van der Waals surface area contributed by atoms with Crippen LogP contribution in [0.4, 0.5) is 0 Å². The summed E-state index contributed by atoms with van der Waals surface area (Å²) in [5.41, 5.74) is 2.82. The Morgan fingerprint density at radius 3 is 2.35 bits per heavy atom. The number of hydrogen-bond acceptors (Lipinski definition) is 2. The zero-order chi connectivity index (χ0) is 12.4. The van der Waals surface area contributed by atoms with Gasteiger partial charge in [0, 0.05) is 28.0 Å². The van der Waals surface area contributed by atoms with Crippen molar-refractivity contribution in [1.82, 2.24) is 9.97 Å². The van der Waals surface area contributed by atoms with Crippen LogP contribution < -0.4 is 0 Å². The molecule has 0 bridgehead atoms. The second-order valence-electron chi connectivity index (χ2n) is 3.86. The molecule has 0 N–H and O–H groups in total. The van der Waals surface area contributed by atoms with E-state index in [1.54, 1.807) is 6.20 Å². The molecular weight excluding hydrogens is 255 g/mol. The molecule has 0 saturated heterocycles. The molecule has 0 amide bonds. The Morgan fingerprint density at radius 2 is 1.82 bits per heavy atom. The minimum absolute atomic E-state index is 0.0748. The number of benzene rings is 1. The fourth-order valence-electron chi connectivity index (χ4n) is 1.60. The van der Waals surface area contributed by atoms with E-state index in [0.29, 0.717) is 10.8 Å². The number of alkyl halides is 1. The zero-order valence-electron chi connectivity index (χ0n) is 9.61. The molecule has 1 unspecified atom stereocenters. The van der Waals surface area contributed by atoms with E-state index in [2.05, 4.69) is 9.97 Å². The third kappa shape index (κ3) is 2.76. The molecule has 1 aromatic carbocycles. The predicted molar refractivity (Wildman–Crippen MR) is 71.5 cm³/mol. The average Bonchev–Trinajstić information content (AvgIpc) is 2.29. The van der Waals surface area contributed by atoms with E-state index in [9.17, 15) is 0 Å². The second kappa shape index (κ2) is 5.03. The van der Waals surface area contributed by atoms with E-state index in [4.69, 9.17) is 23.2 Å². The van der Waals surface area contributed by atoms with Crippen LogP contribution in [-0.4, -0.2) is 9.97 Å². The minimum Gasteiger partial charge on any atom is -0.236 e. The highest BCUT2D eigenvalue weighted by Gasteiger charge is 2.09. The lowest BCUT2D eigenvalue weighted by Crippen LogP contribution is -1.98. The Hall–Kier alpha value is -1.12. The number of nitrogens with zero attached hydrogens (tertiary/aromatic N) is 2. The van der Waals surface area contributed by atoms with Gasteiger partial charge in [0.15, 0.2) is 5.82 Å². The molecule has 0 saturated carbocycles. The van der Waals surface area contributed by atoms with Crippen LogP contribution in [0, 0.1) is 6.92 Å². The second-order valence-corrected chi connectivity index (χ2v) is 4.95. The van der Waals surface area contributed by atoms with Crippen molar-refractivity contribution < 1.29 is 0 Å². The lowest BCUT2D eigenvalue weighted by molar-refractivity contribution is 0.976. The Morgan fingerprint density at radius 1 is 1.18 bits per heavy atom. The molecule has 4 heteroatoms. The number of halogens is 2. The van der Waals surface area contributed by atoms with Gasteiger partial charge in [-0.15, -0.1) is 11.6 Å². The molecule has 0 aliphatic heterocycles. The lowest BCUT2D eigenvalue weighted by Gasteiger charge is -2.08. The molecule has 2 nitrogen and oxygen atoms in total. The first-order valence-corrected chi connectivity index (χ1v) is 6.13. The fraction of sp³-hybridized carbons (Fsp3) is 0.231. The summed E-state index contributed by atoms with van der Waals surface area (Å²) < 4.78 is 0. The van der Waals surface area contributed by atoms with Crippen molar-refractivity contribution >= 4 is 23.2 Å². The van der Waals surface area contributed by atoms with Crippen molar-refractivity contribution in [3.05, 3.63) is 46.7 Å². The monoisotopic (exact) mass is 266 g/mol. The summed E-state index contributed by atoms with van der Waals surface area (Å²) in [6.45, 7) is 3.85. The smallest absolute Gasteiger partial charge is 0.159 e. The van der Waals surface area contributed by atoms with Gasteiger partial charge in [-0.05, 0) is 38.1 Å². The Bertz CT molecular complexity index is 521. The highest BCUT2D eigenvalue weighted by atomic mass is 35.5. The van der Waals surface area contributed by atoms with Crippen molar-refractivity contribution in [1.29, 1.82) is 0 Å². The first-order valence-electron chi connectivity index (χ1n) is 5.31. The maximum Gasteiger partial charge on any atom is 0.159 e. The average molecular weight is 267 g/mol. The van der Waals surface area contributed by atoms with Gasteiger partial charge in [-0.2, -0.15) is 0 Å². The van der Waals surface area contributed by atoms with Crippen molar-refractivity contribution in [2.24, 2.45) is 0 Å². The van der Waals surface area contributed by atoms with Gasteiger partial charge in [0.05, 0.1) is 5.38 Å². The summed E-state index contributed by atoms with van der Waals surface area (Å²) in [5.74, 6) is 0.695. The molecule has 2 rings (SSSR count). The molecule has 0 aliphatic rings. The summed E-state index contributed by atoms with van der Waals surface area (Å²) >= 11 is 11.9. The van der Waals surface area contributed by atoms with Crippen LogP contribution in [0.5, 0.6) is 0 Å². The molecule has 88 valence electrons. The molecule has 1 heterocycles. The maximum atomic E-state index is 6.03. The van der Waals surface area contributed by atoms with Gasteiger partial charge in [-0.25, -0.2) is 9.97 Å². The van der Waals surface area contributed by atoms with E-state index < -0.39 is 0 Å². The molecule has 1 aromatic heterocycles. The van der Waals surface area contributed by atoms with E-state index in [-0.39, 0.29) is 5.38 Å². The van der Waals surface area contributed by atoms with Gasteiger partial charge >= 0.3 is 0 Å². The summed E-state index contributed by atoms with van der Waals surface area (Å²) in [6, 6.07) is 7.46. The molecular formula is C13H12Cl2N2. The lowest BCUT2D eigenvalue weighted by atomic mass is 10.1. The Kier molecular flexibility index (Phi) is 3.65. The topological polar surface area (TPSA) is 25.8 Å². The third-order valence-corrected chi connectivity index (χ3v) is 3.04. The number of aromatic nitrogens is 2. The Labute approximate surface area is 111 Å². The van der Waals surface area contributed by atoms with Crippen LogP contribution >= 0.6 is 23.2 Å². The van der Waals surface area contributed by atoms with Crippen molar-refractivity contribution in [2.45, 2.75) is 19.2 Å². The summed E-state index contributed by atoms with van der Waals surface area (Å²) in [4.78, 5) is 8.78. The van der Waals surface area contributed by atoms with Gasteiger partial charge in [-0.1, -0.05) is 11.6 Å². The Balaban J connectivity index is 2.41. The van der Waals surface area contributed by atoms with Gasteiger partial charge in [0.2, 0.25) is 0 Å². The molecule has 1 atom stereocenters. The van der Waals surface area contributed by atoms with Crippen LogP contribution in [0.2, 0.25) is 5.02 Å². The molecule has 0 spiro atoms. The minimum atomic E-state index is -0.0748. The van der Waals surface area contributed by atoms with E-state index in [1.165, 1.54) is 0 Å². The SMILES string of the molecule is Cc1nc(-c2ccc(Cl)cc2)ncc1C(C)Cl. The molecule has 0 radical (unpaired) electrons. The standard InChI is InChI=1S/C13H12Cl2N2/c1-8(14)12-7-16-13(17-9(12)2)10-3-5-11(15)6-4-10/h3-8H,1-2H3. The van der Waals surface area contributed by atoms with Crippen LogP contribution in [0.25, 0.3) is 11.4 Å². The molecule has 17 heavy (non-hydrogen) atoms. The molecule has 0 fully saturated rings. The molecule has 0 aliphatic carbocycles. The van der Waals surface area contributed by atoms with E-state index in [0.717, 1.165) is 16.8 Å². The van der Waals surface area contributed by atoms with Crippen LogP contribution in [0.15, 0.2) is 30.5 Å². The van der Waals surface area contributed by atoms with Gasteiger partial charge in [0.25, 0.3) is 0 Å². The first kappa shape index (κ1) is 12.3.